The van der Waals surface area contributed by atoms with Gasteiger partial charge in [0.25, 0.3) is 0 Å². The number of nitrogens with one attached hydrogen (secondary N) is 2. The van der Waals surface area contributed by atoms with Gasteiger partial charge in [-0.2, -0.15) is 0 Å². The summed E-state index contributed by atoms with van der Waals surface area (Å²) in [7, 11) is 0. The van der Waals surface area contributed by atoms with Gasteiger partial charge in [-0.25, -0.2) is 19.7 Å². The number of carboxylic acid groups (broad SMARTS) is 1. The molecule has 37 heavy (non-hydrogen) atoms. The van der Waals surface area contributed by atoms with Crippen molar-refractivity contribution in [1.82, 2.24) is 24.9 Å². The third-order valence-electron chi connectivity index (χ3n) is 5.63. The molecule has 5 rings (SSSR count). The monoisotopic (exact) mass is 495 g/mol. The zero-order valence-corrected chi connectivity index (χ0v) is 20.1. The van der Waals surface area contributed by atoms with E-state index in [0.717, 1.165) is 28.2 Å². The van der Waals surface area contributed by atoms with Crippen molar-refractivity contribution in [2.75, 3.05) is 18.5 Å². The number of aromatic carboxylic acids is 1. The van der Waals surface area contributed by atoms with Crippen LogP contribution in [0.1, 0.15) is 21.9 Å². The van der Waals surface area contributed by atoms with Gasteiger partial charge in [0.2, 0.25) is 5.88 Å². The van der Waals surface area contributed by atoms with Gasteiger partial charge in [0.15, 0.2) is 0 Å². The molecule has 2 aromatic carbocycles. The molecule has 3 heterocycles. The number of H-pyrrole nitrogens is 1. The Morgan fingerprint density at radius 2 is 1.92 bits per heavy atom. The first-order valence-corrected chi connectivity index (χ1v) is 11.7. The number of carboxylic acids is 1. The maximum absolute atomic E-state index is 11.3. The minimum absolute atomic E-state index is 0.210. The number of hydrogen-bond donors (Lipinski definition) is 4. The van der Waals surface area contributed by atoms with Gasteiger partial charge in [-0.05, 0) is 49.4 Å². The van der Waals surface area contributed by atoms with Gasteiger partial charge in [0.05, 0.1) is 46.4 Å². The summed E-state index contributed by atoms with van der Waals surface area (Å²) >= 11 is 0. The summed E-state index contributed by atoms with van der Waals surface area (Å²) in [5.41, 5.74) is 11.8. The first-order chi connectivity index (χ1) is 18.0. The largest absolute Gasteiger partial charge is 0.478 e. The van der Waals surface area contributed by atoms with E-state index in [1.54, 1.807) is 24.4 Å². The molecule has 0 bridgehead atoms. The predicted octanol–water partition coefficient (Wildman–Crippen LogP) is 4.04. The fraction of sp³-hybridized carbons (Fsp3) is 0.148. The lowest BCUT2D eigenvalue weighted by Crippen LogP contribution is -2.11. The number of pyridine rings is 1. The molecule has 10 heteroatoms. The highest BCUT2D eigenvalue weighted by Crippen LogP contribution is 2.31. The number of nitrogens with zero attached hydrogens (tertiary/aromatic N) is 4. The second-order valence-electron chi connectivity index (χ2n) is 8.36. The first-order valence-electron chi connectivity index (χ1n) is 11.7. The highest BCUT2D eigenvalue weighted by molar-refractivity contribution is 5.89. The van der Waals surface area contributed by atoms with Crippen molar-refractivity contribution in [2.45, 2.75) is 13.5 Å². The van der Waals surface area contributed by atoms with E-state index in [1.165, 1.54) is 0 Å². The Kier molecular flexibility index (Phi) is 6.73. The normalized spacial score (nSPS) is 11.0. The SMILES string of the molecule is Cc1cccc(-c2[nH]c(CNc3cccc(C(=O)O)c3)nc2-c2ccc3ncc(OCCN)nc3c2)n1. The Morgan fingerprint density at radius 3 is 2.73 bits per heavy atom. The number of imidazole rings is 1. The maximum atomic E-state index is 11.3. The van der Waals surface area contributed by atoms with E-state index in [9.17, 15) is 9.90 Å². The van der Waals surface area contributed by atoms with E-state index in [-0.39, 0.29) is 5.56 Å². The number of benzene rings is 2. The first kappa shape index (κ1) is 23.9. The number of rotatable bonds is 9. The van der Waals surface area contributed by atoms with Crippen LogP contribution in [0.2, 0.25) is 0 Å². The Balaban J connectivity index is 1.52. The lowest BCUT2D eigenvalue weighted by Gasteiger charge is -2.07. The van der Waals surface area contributed by atoms with Crippen molar-refractivity contribution in [3.63, 3.8) is 0 Å². The average molecular weight is 496 g/mol. The van der Waals surface area contributed by atoms with Gasteiger partial charge in [0.1, 0.15) is 12.4 Å². The zero-order chi connectivity index (χ0) is 25.8. The van der Waals surface area contributed by atoms with Gasteiger partial charge in [-0.15, -0.1) is 0 Å². The number of carbonyl (C=O) groups is 1. The minimum Gasteiger partial charge on any atom is -0.478 e. The quantitative estimate of drug-likeness (QED) is 0.237. The number of fused-ring (bicyclic) bond motifs is 1. The van der Waals surface area contributed by atoms with Gasteiger partial charge in [-0.3, -0.25) is 4.98 Å². The second-order valence-corrected chi connectivity index (χ2v) is 8.36. The molecule has 0 radical (unpaired) electrons. The Morgan fingerprint density at radius 1 is 1.05 bits per heavy atom. The van der Waals surface area contributed by atoms with Gasteiger partial charge < -0.3 is 25.9 Å². The van der Waals surface area contributed by atoms with Crippen molar-refractivity contribution in [3.05, 3.63) is 83.9 Å². The molecule has 0 amide bonds. The molecule has 0 aliphatic rings. The molecule has 0 saturated carbocycles. The van der Waals surface area contributed by atoms with E-state index in [2.05, 4.69) is 25.3 Å². The standard InChI is InChI=1S/C27H25N7O3/c1-16-4-2-7-21(31-16)26-25(17-8-9-20-22(13-17)32-24(15-30-20)37-11-10-28)33-23(34-26)14-29-19-6-3-5-18(12-19)27(35)36/h2-9,12-13,15,29H,10-11,14,28H2,1H3,(H,33,34)(H,35,36). The molecular formula is C27H25N7O3. The molecule has 5 N–H and O–H groups in total. The van der Waals surface area contributed by atoms with Crippen LogP contribution in [-0.2, 0) is 6.54 Å². The number of nitrogens with two attached hydrogens (primary N) is 1. The number of aryl methyl sites for hydroxylation is 1. The molecule has 0 atom stereocenters. The van der Waals surface area contributed by atoms with Crippen molar-refractivity contribution in [2.24, 2.45) is 5.73 Å². The summed E-state index contributed by atoms with van der Waals surface area (Å²) in [4.78, 5) is 33.2. The van der Waals surface area contributed by atoms with Crippen LogP contribution in [-0.4, -0.2) is 49.1 Å². The number of ether oxygens (including phenoxy) is 1. The molecule has 5 aromatic rings. The van der Waals surface area contributed by atoms with Crippen molar-refractivity contribution in [1.29, 1.82) is 0 Å². The highest BCUT2D eigenvalue weighted by atomic mass is 16.5. The molecule has 0 unspecified atom stereocenters. The Hall–Kier alpha value is -4.83. The fourth-order valence-corrected chi connectivity index (χ4v) is 3.91. The van der Waals surface area contributed by atoms with Crippen LogP contribution < -0.4 is 15.8 Å². The molecule has 0 saturated heterocycles. The molecule has 0 fully saturated rings. The number of anilines is 1. The van der Waals surface area contributed by atoms with Crippen LogP contribution in [0.3, 0.4) is 0 Å². The summed E-state index contributed by atoms with van der Waals surface area (Å²) < 4.78 is 5.54. The summed E-state index contributed by atoms with van der Waals surface area (Å²) in [6, 6.07) is 18.2. The fourth-order valence-electron chi connectivity index (χ4n) is 3.91. The van der Waals surface area contributed by atoms with Crippen molar-refractivity contribution < 1.29 is 14.6 Å². The van der Waals surface area contributed by atoms with Crippen LogP contribution in [0.25, 0.3) is 33.7 Å². The summed E-state index contributed by atoms with van der Waals surface area (Å²) in [5.74, 6) is 0.0964. The van der Waals surface area contributed by atoms with E-state index in [0.29, 0.717) is 48.3 Å². The van der Waals surface area contributed by atoms with Crippen LogP contribution in [0, 0.1) is 6.92 Å². The number of hydrogen-bond acceptors (Lipinski definition) is 8. The summed E-state index contributed by atoms with van der Waals surface area (Å²) in [6.07, 6.45) is 1.58. The third kappa shape index (κ3) is 5.39. The molecule has 0 spiro atoms. The van der Waals surface area contributed by atoms with E-state index < -0.39 is 5.97 Å². The summed E-state index contributed by atoms with van der Waals surface area (Å²) in [6.45, 7) is 3.03. The Labute approximate surface area is 212 Å². The predicted molar refractivity (Wildman–Crippen MR) is 140 cm³/mol. The van der Waals surface area contributed by atoms with Gasteiger partial charge in [0, 0.05) is 23.5 Å². The molecule has 186 valence electrons. The lowest BCUT2D eigenvalue weighted by atomic mass is 10.1. The summed E-state index contributed by atoms with van der Waals surface area (Å²) in [5, 5.41) is 12.5. The average Bonchev–Trinajstić information content (AvgIpc) is 3.35. The molecule has 0 aliphatic heterocycles. The molecule has 3 aromatic heterocycles. The van der Waals surface area contributed by atoms with Gasteiger partial charge >= 0.3 is 5.97 Å². The van der Waals surface area contributed by atoms with Crippen molar-refractivity contribution in [3.8, 4) is 28.5 Å². The highest BCUT2D eigenvalue weighted by Gasteiger charge is 2.17. The topological polar surface area (TPSA) is 152 Å². The van der Waals surface area contributed by atoms with E-state index in [1.807, 2.05) is 49.4 Å². The van der Waals surface area contributed by atoms with Crippen LogP contribution in [0.15, 0.2) is 66.9 Å². The maximum Gasteiger partial charge on any atom is 0.335 e. The van der Waals surface area contributed by atoms with Gasteiger partial charge in [-0.1, -0.05) is 18.2 Å². The Bertz CT molecular complexity index is 1580. The van der Waals surface area contributed by atoms with Crippen molar-refractivity contribution >= 4 is 22.7 Å². The van der Waals surface area contributed by atoms with E-state index in [4.69, 9.17) is 15.5 Å². The molecular weight excluding hydrogens is 470 g/mol. The number of aromatic nitrogens is 5. The molecule has 10 nitrogen and oxygen atoms in total. The smallest absolute Gasteiger partial charge is 0.335 e. The van der Waals surface area contributed by atoms with E-state index >= 15 is 0 Å². The number of aromatic amines is 1. The molecule has 0 aliphatic carbocycles. The minimum atomic E-state index is -0.979. The third-order valence-corrected chi connectivity index (χ3v) is 5.63. The van der Waals surface area contributed by atoms with Crippen LogP contribution in [0.5, 0.6) is 5.88 Å². The lowest BCUT2D eigenvalue weighted by molar-refractivity contribution is 0.0697. The van der Waals surface area contributed by atoms with Crippen LogP contribution in [0.4, 0.5) is 5.69 Å². The second kappa shape index (κ2) is 10.4. The zero-order valence-electron chi connectivity index (χ0n) is 20.1. The van der Waals surface area contributed by atoms with Crippen LogP contribution >= 0.6 is 0 Å².